The predicted molar refractivity (Wildman–Crippen MR) is 72.0 cm³/mol. The summed E-state index contributed by atoms with van der Waals surface area (Å²) >= 11 is 0. The molecule has 0 heterocycles. The van der Waals surface area contributed by atoms with Crippen LogP contribution in [0.25, 0.3) is 0 Å². The van der Waals surface area contributed by atoms with E-state index in [-0.39, 0.29) is 12.0 Å². The highest BCUT2D eigenvalue weighted by molar-refractivity contribution is 5.81. The molecule has 0 aromatic heterocycles. The summed E-state index contributed by atoms with van der Waals surface area (Å²) in [7, 11) is 0. The zero-order chi connectivity index (χ0) is 12.9. The Bertz CT molecular complexity index is 204. The molecule has 0 radical (unpaired) electrons. The molecule has 0 bridgehead atoms. The molecule has 100 valence electrons. The highest BCUT2D eigenvalue weighted by atomic mass is 16.5. The second-order valence-electron chi connectivity index (χ2n) is 4.33. The van der Waals surface area contributed by atoms with E-state index in [9.17, 15) is 4.79 Å². The van der Waals surface area contributed by atoms with E-state index in [1.807, 2.05) is 0 Å². The Morgan fingerprint density at radius 2 is 2.06 bits per heavy atom. The Labute approximate surface area is 106 Å². The van der Waals surface area contributed by atoms with Gasteiger partial charge in [-0.15, -0.1) is 0 Å². The molecule has 0 aromatic carbocycles. The minimum Gasteiger partial charge on any atom is -0.461 e. The maximum absolute atomic E-state index is 11.0. The van der Waals surface area contributed by atoms with Gasteiger partial charge < -0.3 is 10.1 Å². The van der Waals surface area contributed by atoms with Gasteiger partial charge in [0.25, 0.3) is 0 Å². The number of ether oxygens (including phenoxy) is 1. The number of esters is 1. The molecule has 0 aliphatic carbocycles. The van der Waals surface area contributed by atoms with Gasteiger partial charge in [-0.25, -0.2) is 4.79 Å². The summed E-state index contributed by atoms with van der Waals surface area (Å²) in [6.07, 6.45) is 8.37. The molecule has 0 fully saturated rings. The van der Waals surface area contributed by atoms with E-state index >= 15 is 0 Å². The highest BCUT2D eigenvalue weighted by Gasteiger charge is 2.08. The quantitative estimate of drug-likeness (QED) is 0.343. The van der Waals surface area contributed by atoms with Crippen LogP contribution in [0, 0.1) is 0 Å². The fraction of sp³-hybridized carbons (Fsp3) is 0.786. The summed E-state index contributed by atoms with van der Waals surface area (Å²) in [6.45, 7) is 9.20. The van der Waals surface area contributed by atoms with Crippen LogP contribution in [-0.2, 0) is 9.53 Å². The fourth-order valence-electron chi connectivity index (χ4n) is 1.69. The van der Waals surface area contributed by atoms with Crippen molar-refractivity contribution < 1.29 is 9.53 Å². The van der Waals surface area contributed by atoms with E-state index in [1.165, 1.54) is 31.8 Å². The smallest absolute Gasteiger partial charge is 0.330 e. The lowest BCUT2D eigenvalue weighted by molar-refractivity contribution is -0.138. The van der Waals surface area contributed by atoms with Gasteiger partial charge in [0.2, 0.25) is 0 Å². The molecule has 3 heteroatoms. The Kier molecular flexibility index (Phi) is 11.1. The van der Waals surface area contributed by atoms with E-state index in [4.69, 9.17) is 4.74 Å². The van der Waals surface area contributed by atoms with Gasteiger partial charge in [-0.3, -0.25) is 0 Å². The van der Waals surface area contributed by atoms with Crippen LogP contribution in [-0.4, -0.2) is 25.2 Å². The minimum atomic E-state index is -0.334. The number of unbranched alkanes of at least 4 members (excludes halogenated alkanes) is 3. The minimum absolute atomic E-state index is 0.283. The number of rotatable bonds is 11. The van der Waals surface area contributed by atoms with Crippen LogP contribution in [0.3, 0.4) is 0 Å². The summed E-state index contributed by atoms with van der Waals surface area (Å²) < 4.78 is 5.06. The van der Waals surface area contributed by atoms with Gasteiger partial charge in [-0.1, -0.05) is 46.1 Å². The predicted octanol–water partition coefficient (Wildman–Crippen LogP) is 3.05. The average molecular weight is 241 g/mol. The van der Waals surface area contributed by atoms with Crippen molar-refractivity contribution in [1.29, 1.82) is 0 Å². The van der Waals surface area contributed by atoms with Gasteiger partial charge in [-0.05, 0) is 19.4 Å². The molecule has 0 rings (SSSR count). The lowest BCUT2D eigenvalue weighted by atomic mass is 10.1. The van der Waals surface area contributed by atoms with Crippen molar-refractivity contribution in [1.82, 2.24) is 5.32 Å². The van der Waals surface area contributed by atoms with Gasteiger partial charge in [0, 0.05) is 12.1 Å². The zero-order valence-corrected chi connectivity index (χ0v) is 11.3. The Morgan fingerprint density at radius 1 is 1.29 bits per heavy atom. The topological polar surface area (TPSA) is 38.3 Å². The summed E-state index contributed by atoms with van der Waals surface area (Å²) in [5, 5.41) is 3.45. The lowest BCUT2D eigenvalue weighted by Gasteiger charge is -2.17. The molecule has 1 N–H and O–H groups in total. The average Bonchev–Trinajstić information content (AvgIpc) is 2.35. The van der Waals surface area contributed by atoms with Crippen LogP contribution in [0.2, 0.25) is 0 Å². The van der Waals surface area contributed by atoms with Gasteiger partial charge in [0.15, 0.2) is 0 Å². The SMILES string of the molecule is C=CC(=O)OCC(CCC)NCCCCCC. The molecular formula is C14H27NO2. The molecule has 0 aliphatic heterocycles. The van der Waals surface area contributed by atoms with Crippen molar-refractivity contribution in [2.45, 2.75) is 58.4 Å². The molecule has 3 nitrogen and oxygen atoms in total. The lowest BCUT2D eigenvalue weighted by Crippen LogP contribution is -2.34. The number of hydrogen-bond donors (Lipinski definition) is 1. The summed E-state index contributed by atoms with van der Waals surface area (Å²) in [5.41, 5.74) is 0. The van der Waals surface area contributed by atoms with Crippen molar-refractivity contribution >= 4 is 5.97 Å². The Balaban J connectivity index is 3.66. The Morgan fingerprint density at radius 3 is 2.65 bits per heavy atom. The molecule has 1 unspecified atom stereocenters. The molecule has 0 aliphatic rings. The van der Waals surface area contributed by atoms with Crippen molar-refractivity contribution in [3.63, 3.8) is 0 Å². The maximum Gasteiger partial charge on any atom is 0.330 e. The van der Waals surface area contributed by atoms with Crippen LogP contribution >= 0.6 is 0 Å². The van der Waals surface area contributed by atoms with Gasteiger partial charge in [-0.2, -0.15) is 0 Å². The van der Waals surface area contributed by atoms with E-state index in [2.05, 4.69) is 25.7 Å². The third-order valence-corrected chi connectivity index (χ3v) is 2.69. The molecule has 1 atom stereocenters. The number of hydrogen-bond acceptors (Lipinski definition) is 3. The number of carbonyl (C=O) groups excluding carboxylic acids is 1. The first-order valence-corrected chi connectivity index (χ1v) is 6.77. The van der Waals surface area contributed by atoms with E-state index in [1.54, 1.807) is 0 Å². The van der Waals surface area contributed by atoms with Crippen molar-refractivity contribution in [3.8, 4) is 0 Å². The molecule has 0 spiro atoms. The molecule has 17 heavy (non-hydrogen) atoms. The largest absolute Gasteiger partial charge is 0.461 e. The van der Waals surface area contributed by atoms with Crippen LogP contribution in [0.5, 0.6) is 0 Å². The van der Waals surface area contributed by atoms with Gasteiger partial charge in [0.05, 0.1) is 0 Å². The van der Waals surface area contributed by atoms with Crippen LogP contribution in [0.15, 0.2) is 12.7 Å². The summed E-state index contributed by atoms with van der Waals surface area (Å²) in [5.74, 6) is -0.334. The first kappa shape index (κ1) is 16.2. The van der Waals surface area contributed by atoms with Crippen molar-refractivity contribution in [3.05, 3.63) is 12.7 Å². The van der Waals surface area contributed by atoms with Crippen molar-refractivity contribution in [2.24, 2.45) is 0 Å². The number of nitrogens with one attached hydrogen (secondary N) is 1. The maximum atomic E-state index is 11.0. The highest BCUT2D eigenvalue weighted by Crippen LogP contribution is 2.01. The zero-order valence-electron chi connectivity index (χ0n) is 11.3. The summed E-state index contributed by atoms with van der Waals surface area (Å²) in [4.78, 5) is 11.0. The third-order valence-electron chi connectivity index (χ3n) is 2.69. The van der Waals surface area contributed by atoms with E-state index < -0.39 is 0 Å². The normalized spacial score (nSPS) is 12.1. The van der Waals surface area contributed by atoms with Gasteiger partial charge >= 0.3 is 5.97 Å². The van der Waals surface area contributed by atoms with Crippen LogP contribution in [0.1, 0.15) is 52.4 Å². The second-order valence-corrected chi connectivity index (χ2v) is 4.33. The van der Waals surface area contributed by atoms with E-state index in [0.29, 0.717) is 6.61 Å². The van der Waals surface area contributed by atoms with E-state index in [0.717, 1.165) is 19.4 Å². The molecular weight excluding hydrogens is 214 g/mol. The molecule has 0 saturated carbocycles. The first-order chi connectivity index (χ1) is 8.24. The third kappa shape index (κ3) is 10.1. The van der Waals surface area contributed by atoms with Gasteiger partial charge in [0.1, 0.15) is 6.61 Å². The molecule has 0 saturated heterocycles. The monoisotopic (exact) mass is 241 g/mol. The Hall–Kier alpha value is -0.830. The first-order valence-electron chi connectivity index (χ1n) is 6.77. The summed E-state index contributed by atoms with van der Waals surface area (Å²) in [6, 6.07) is 0.283. The molecule has 0 aromatic rings. The molecule has 0 amide bonds. The van der Waals surface area contributed by atoms with Crippen LogP contribution in [0.4, 0.5) is 0 Å². The second kappa shape index (κ2) is 11.6. The standard InChI is InChI=1S/C14H27NO2/c1-4-7-8-9-11-15-13(10-5-2)12-17-14(16)6-3/h6,13,15H,3-5,7-12H2,1-2H3. The number of carbonyl (C=O) groups is 1. The van der Waals surface area contributed by atoms with Crippen LogP contribution < -0.4 is 5.32 Å². The van der Waals surface area contributed by atoms with Crippen molar-refractivity contribution in [2.75, 3.05) is 13.2 Å². The fourth-order valence-corrected chi connectivity index (χ4v) is 1.69.